The summed E-state index contributed by atoms with van der Waals surface area (Å²) in [4.78, 5) is 13.9. The summed E-state index contributed by atoms with van der Waals surface area (Å²) < 4.78 is 55.4. The molecule has 2 amide bonds. The normalized spacial score (nSPS) is 19.5. The van der Waals surface area contributed by atoms with Gasteiger partial charge in [0.15, 0.2) is 15.6 Å². The number of nitrogens with one attached hydrogen (secondary N) is 1. The van der Waals surface area contributed by atoms with Crippen molar-refractivity contribution in [2.45, 2.75) is 25.9 Å². The Balaban J connectivity index is 1.63. The quantitative estimate of drug-likeness (QED) is 0.855. The van der Waals surface area contributed by atoms with Crippen LogP contribution < -0.4 is 5.32 Å². The third kappa shape index (κ3) is 4.62. The molecule has 2 heterocycles. The minimum absolute atomic E-state index is 0.0289. The molecule has 0 radical (unpaired) electrons. The molecule has 10 heteroatoms. The molecular formula is C17H19F2N3O4S. The fourth-order valence-electron chi connectivity index (χ4n) is 3.00. The summed E-state index contributed by atoms with van der Waals surface area (Å²) in [6.45, 7) is 2.06. The van der Waals surface area contributed by atoms with Gasteiger partial charge < -0.3 is 14.7 Å². The van der Waals surface area contributed by atoms with Gasteiger partial charge in [-0.05, 0) is 25.5 Å². The van der Waals surface area contributed by atoms with Crippen molar-refractivity contribution < 1.29 is 26.5 Å². The van der Waals surface area contributed by atoms with Gasteiger partial charge >= 0.3 is 6.03 Å². The molecule has 0 saturated carbocycles. The molecule has 0 spiro atoms. The van der Waals surface area contributed by atoms with Crippen molar-refractivity contribution in [1.29, 1.82) is 0 Å². The maximum absolute atomic E-state index is 13.8. The van der Waals surface area contributed by atoms with Crippen LogP contribution in [0.15, 0.2) is 28.8 Å². The topological polar surface area (TPSA) is 92.5 Å². The molecule has 1 aromatic carbocycles. The average Bonchev–Trinajstić information content (AvgIpc) is 2.99. The molecule has 1 atom stereocenters. The summed E-state index contributed by atoms with van der Waals surface area (Å²) in [6, 6.07) is 3.71. The second-order valence-electron chi connectivity index (χ2n) is 6.48. The molecule has 1 saturated heterocycles. The van der Waals surface area contributed by atoms with Crippen LogP contribution in [0.1, 0.15) is 19.0 Å². The van der Waals surface area contributed by atoms with Gasteiger partial charge in [-0.2, -0.15) is 0 Å². The number of halogens is 2. The standard InChI is InChI=1S/C17H19F2N3O4S/c1-11-10-27(24,25)6-2-5-22(11)17(23)20-9-13-8-16(26-21-13)14-4-3-12(18)7-15(14)19/h3-4,7-8,11H,2,5-6,9-10H2,1H3,(H,20,23). The van der Waals surface area contributed by atoms with Crippen LogP contribution in [0.5, 0.6) is 0 Å². The second-order valence-corrected chi connectivity index (χ2v) is 8.70. The van der Waals surface area contributed by atoms with Gasteiger partial charge in [0.1, 0.15) is 17.3 Å². The van der Waals surface area contributed by atoms with Crippen LogP contribution in [-0.4, -0.2) is 48.6 Å². The first kappa shape index (κ1) is 19.3. The first-order valence-corrected chi connectivity index (χ1v) is 10.2. The van der Waals surface area contributed by atoms with Crippen molar-refractivity contribution in [3.05, 3.63) is 41.6 Å². The van der Waals surface area contributed by atoms with Crippen LogP contribution in [-0.2, 0) is 16.4 Å². The van der Waals surface area contributed by atoms with E-state index in [4.69, 9.17) is 4.52 Å². The predicted molar refractivity (Wildman–Crippen MR) is 93.5 cm³/mol. The van der Waals surface area contributed by atoms with Crippen LogP contribution in [0.4, 0.5) is 13.6 Å². The highest BCUT2D eigenvalue weighted by Gasteiger charge is 2.28. The fraction of sp³-hybridized carbons (Fsp3) is 0.412. The highest BCUT2D eigenvalue weighted by atomic mass is 32.2. The largest absolute Gasteiger partial charge is 0.356 e. The monoisotopic (exact) mass is 399 g/mol. The van der Waals surface area contributed by atoms with Crippen molar-refractivity contribution in [2.75, 3.05) is 18.1 Å². The van der Waals surface area contributed by atoms with E-state index in [9.17, 15) is 22.0 Å². The lowest BCUT2D eigenvalue weighted by Crippen LogP contribution is -2.46. The minimum atomic E-state index is -3.15. The van der Waals surface area contributed by atoms with Gasteiger partial charge in [0, 0.05) is 24.7 Å². The molecule has 1 aliphatic heterocycles. The van der Waals surface area contributed by atoms with E-state index in [2.05, 4.69) is 10.5 Å². The predicted octanol–water partition coefficient (Wildman–Crippen LogP) is 2.34. The molecule has 3 rings (SSSR count). The molecule has 1 unspecified atom stereocenters. The molecule has 1 N–H and O–H groups in total. The number of hydrogen-bond donors (Lipinski definition) is 1. The van der Waals surface area contributed by atoms with Crippen molar-refractivity contribution in [1.82, 2.24) is 15.4 Å². The van der Waals surface area contributed by atoms with Crippen LogP contribution in [0.25, 0.3) is 11.3 Å². The van der Waals surface area contributed by atoms with Crippen LogP contribution in [0.2, 0.25) is 0 Å². The lowest BCUT2D eigenvalue weighted by atomic mass is 10.1. The van der Waals surface area contributed by atoms with E-state index >= 15 is 0 Å². The smallest absolute Gasteiger partial charge is 0.317 e. The van der Waals surface area contributed by atoms with E-state index in [0.717, 1.165) is 12.1 Å². The Morgan fingerprint density at radius 3 is 2.89 bits per heavy atom. The number of benzene rings is 1. The highest BCUT2D eigenvalue weighted by molar-refractivity contribution is 7.91. The van der Waals surface area contributed by atoms with Crippen LogP contribution in [0, 0.1) is 11.6 Å². The number of amides is 2. The first-order chi connectivity index (χ1) is 12.7. The lowest BCUT2D eigenvalue weighted by Gasteiger charge is -2.26. The second kappa shape index (κ2) is 7.63. The lowest BCUT2D eigenvalue weighted by molar-refractivity contribution is 0.184. The molecule has 0 aliphatic carbocycles. The van der Waals surface area contributed by atoms with Gasteiger partial charge in [-0.25, -0.2) is 22.0 Å². The SMILES string of the molecule is CC1CS(=O)(=O)CCCN1C(=O)NCc1cc(-c2ccc(F)cc2F)on1. The molecular weight excluding hydrogens is 380 g/mol. The summed E-state index contributed by atoms with van der Waals surface area (Å²) in [5.41, 5.74) is 0.421. The zero-order valence-electron chi connectivity index (χ0n) is 14.6. The van der Waals surface area contributed by atoms with E-state index in [0.29, 0.717) is 18.7 Å². The zero-order chi connectivity index (χ0) is 19.6. The Bertz CT molecular complexity index is 945. The van der Waals surface area contributed by atoms with Crippen molar-refractivity contribution in [2.24, 2.45) is 0 Å². The van der Waals surface area contributed by atoms with E-state index in [1.165, 1.54) is 17.0 Å². The Morgan fingerprint density at radius 1 is 1.37 bits per heavy atom. The summed E-state index contributed by atoms with van der Waals surface area (Å²) in [5.74, 6) is -1.36. The molecule has 1 aliphatic rings. The number of aromatic nitrogens is 1. The minimum Gasteiger partial charge on any atom is -0.356 e. The van der Waals surface area contributed by atoms with Gasteiger partial charge in [-0.3, -0.25) is 0 Å². The fourth-order valence-corrected chi connectivity index (χ4v) is 4.65. The maximum Gasteiger partial charge on any atom is 0.317 e. The number of sulfone groups is 1. The Labute approximate surface area is 155 Å². The average molecular weight is 399 g/mol. The van der Waals surface area contributed by atoms with Gasteiger partial charge in [-0.1, -0.05) is 5.16 Å². The summed E-state index contributed by atoms with van der Waals surface area (Å²) >= 11 is 0. The molecule has 0 bridgehead atoms. The number of carbonyl (C=O) groups excluding carboxylic acids is 1. The van der Waals surface area contributed by atoms with Crippen LogP contribution >= 0.6 is 0 Å². The number of hydrogen-bond acceptors (Lipinski definition) is 5. The van der Waals surface area contributed by atoms with Gasteiger partial charge in [-0.15, -0.1) is 0 Å². The molecule has 27 heavy (non-hydrogen) atoms. The zero-order valence-corrected chi connectivity index (χ0v) is 15.4. The molecule has 7 nitrogen and oxygen atoms in total. The number of urea groups is 1. The third-order valence-electron chi connectivity index (χ3n) is 4.32. The Morgan fingerprint density at radius 2 is 2.15 bits per heavy atom. The number of nitrogens with zero attached hydrogens (tertiary/aromatic N) is 2. The third-order valence-corrected chi connectivity index (χ3v) is 6.22. The first-order valence-electron chi connectivity index (χ1n) is 8.41. The highest BCUT2D eigenvalue weighted by Crippen LogP contribution is 2.24. The van der Waals surface area contributed by atoms with Gasteiger partial charge in [0.2, 0.25) is 0 Å². The van der Waals surface area contributed by atoms with Crippen molar-refractivity contribution in [3.63, 3.8) is 0 Å². The maximum atomic E-state index is 13.8. The molecule has 1 fully saturated rings. The van der Waals surface area contributed by atoms with Crippen molar-refractivity contribution in [3.8, 4) is 11.3 Å². The number of carbonyl (C=O) groups is 1. The summed E-state index contributed by atoms with van der Waals surface area (Å²) in [6.07, 6.45) is 0.387. The molecule has 1 aromatic heterocycles. The molecule has 146 valence electrons. The van der Waals surface area contributed by atoms with E-state index < -0.39 is 33.5 Å². The Kier molecular flexibility index (Phi) is 5.45. The van der Waals surface area contributed by atoms with E-state index in [-0.39, 0.29) is 29.4 Å². The van der Waals surface area contributed by atoms with E-state index in [1.807, 2.05) is 0 Å². The van der Waals surface area contributed by atoms with Gasteiger partial charge in [0.05, 0.1) is 23.6 Å². The summed E-state index contributed by atoms with van der Waals surface area (Å²) in [7, 11) is -3.15. The van der Waals surface area contributed by atoms with Gasteiger partial charge in [0.25, 0.3) is 0 Å². The van der Waals surface area contributed by atoms with Crippen LogP contribution in [0.3, 0.4) is 0 Å². The van der Waals surface area contributed by atoms with Crippen molar-refractivity contribution >= 4 is 15.9 Å². The Hall–Kier alpha value is -2.49. The molecule has 2 aromatic rings. The van der Waals surface area contributed by atoms with E-state index in [1.54, 1.807) is 6.92 Å². The summed E-state index contributed by atoms with van der Waals surface area (Å²) in [5, 5.41) is 6.43. The number of rotatable bonds is 3.